The van der Waals surface area contributed by atoms with Gasteiger partial charge in [-0.2, -0.15) is 0 Å². The van der Waals surface area contributed by atoms with Crippen molar-refractivity contribution in [2.24, 2.45) is 0 Å². The molecule has 0 radical (unpaired) electrons. The van der Waals surface area contributed by atoms with E-state index >= 15 is 0 Å². The maximum atomic E-state index is 5.05. The summed E-state index contributed by atoms with van der Waals surface area (Å²) in [6.07, 6.45) is 5.55. The lowest BCUT2D eigenvalue weighted by atomic mass is 9.88. The first kappa shape index (κ1) is 26.1. The molecule has 0 N–H and O–H groups in total. The van der Waals surface area contributed by atoms with Gasteiger partial charge in [-0.1, -0.05) is 109 Å². The van der Waals surface area contributed by atoms with Crippen molar-refractivity contribution in [1.29, 1.82) is 0 Å². The second-order valence-electron chi connectivity index (χ2n) is 11.4. The Morgan fingerprint density at radius 2 is 0.913 bits per heavy atom. The molecule has 46 heavy (non-hydrogen) atoms. The van der Waals surface area contributed by atoms with Gasteiger partial charge in [0.05, 0.1) is 5.69 Å². The van der Waals surface area contributed by atoms with Gasteiger partial charge in [0.15, 0.2) is 17.5 Å². The summed E-state index contributed by atoms with van der Waals surface area (Å²) >= 11 is 0. The Morgan fingerprint density at radius 1 is 0.370 bits per heavy atom. The zero-order valence-corrected chi connectivity index (χ0v) is 24.7. The molecule has 0 atom stereocenters. The fraction of sp³-hybridized carbons (Fsp3) is 0. The first-order chi connectivity index (χ1) is 22.8. The molecule has 0 saturated carbocycles. The number of nitrogens with zero attached hydrogens (tertiary/aromatic N) is 5. The summed E-state index contributed by atoms with van der Waals surface area (Å²) in [5.41, 5.74) is 7.09. The van der Waals surface area contributed by atoms with Gasteiger partial charge in [-0.05, 0) is 62.1 Å². The largest absolute Gasteiger partial charge is 0.265 e. The lowest BCUT2D eigenvalue weighted by molar-refractivity contribution is 1.08. The number of aromatic nitrogens is 5. The summed E-state index contributed by atoms with van der Waals surface area (Å²) in [5, 5.41) is 7.12. The highest BCUT2D eigenvalue weighted by Gasteiger charge is 2.18. The van der Waals surface area contributed by atoms with Gasteiger partial charge in [-0.25, -0.2) is 15.0 Å². The van der Waals surface area contributed by atoms with E-state index in [2.05, 4.69) is 65.6 Å². The molecule has 5 heteroatoms. The number of benzene rings is 6. The second kappa shape index (κ2) is 10.7. The van der Waals surface area contributed by atoms with Crippen molar-refractivity contribution in [1.82, 2.24) is 24.9 Å². The van der Waals surface area contributed by atoms with Gasteiger partial charge in [-0.15, -0.1) is 0 Å². The molecule has 0 aliphatic heterocycles. The van der Waals surface area contributed by atoms with E-state index in [9.17, 15) is 0 Å². The Balaban J connectivity index is 1.24. The highest BCUT2D eigenvalue weighted by molar-refractivity contribution is 6.27. The van der Waals surface area contributed by atoms with Gasteiger partial charge in [0.25, 0.3) is 0 Å². The lowest BCUT2D eigenvalue weighted by Gasteiger charge is -2.16. The van der Waals surface area contributed by atoms with Crippen molar-refractivity contribution in [2.45, 2.75) is 0 Å². The summed E-state index contributed by atoms with van der Waals surface area (Å²) in [5.74, 6) is 1.96. The first-order valence-electron chi connectivity index (χ1n) is 15.2. The number of hydrogen-bond donors (Lipinski definition) is 0. The summed E-state index contributed by atoms with van der Waals surface area (Å²) in [6.45, 7) is 0. The monoisotopic (exact) mass is 587 g/mol. The molecule has 3 aromatic heterocycles. The van der Waals surface area contributed by atoms with Crippen LogP contribution in [0.15, 0.2) is 152 Å². The molecule has 3 heterocycles. The quantitative estimate of drug-likeness (QED) is 0.188. The van der Waals surface area contributed by atoms with Crippen LogP contribution < -0.4 is 0 Å². The predicted molar refractivity (Wildman–Crippen MR) is 186 cm³/mol. The summed E-state index contributed by atoms with van der Waals surface area (Å²) in [4.78, 5) is 23.9. The molecule has 9 aromatic rings. The lowest BCUT2D eigenvalue weighted by Crippen LogP contribution is -2.00. The minimum absolute atomic E-state index is 0.653. The minimum atomic E-state index is 0.653. The van der Waals surface area contributed by atoms with Crippen LogP contribution in [-0.2, 0) is 0 Å². The molecule has 5 nitrogen and oxygen atoms in total. The molecule has 0 spiro atoms. The van der Waals surface area contributed by atoms with Crippen LogP contribution >= 0.6 is 0 Å². The van der Waals surface area contributed by atoms with Gasteiger partial charge in [0, 0.05) is 46.4 Å². The molecule has 0 aliphatic rings. The SMILES string of the molecule is c1ccc(-c2nc(-c3ccccc3)nc(-c3ccc4ccc5c(-c6ccc(-c7ccncc7)nc6)ccc6ccc3c4c65)n2)cc1. The molecule has 0 amide bonds. The van der Waals surface area contributed by atoms with E-state index in [0.717, 1.165) is 44.5 Å². The van der Waals surface area contributed by atoms with Crippen LogP contribution in [-0.4, -0.2) is 24.9 Å². The Hall–Kier alpha value is -6.33. The van der Waals surface area contributed by atoms with E-state index in [1.807, 2.05) is 79.0 Å². The molecule has 0 fully saturated rings. The van der Waals surface area contributed by atoms with E-state index in [0.29, 0.717) is 17.5 Å². The zero-order chi connectivity index (χ0) is 30.5. The molecule has 9 rings (SSSR count). The van der Waals surface area contributed by atoms with Crippen LogP contribution in [0.1, 0.15) is 0 Å². The summed E-state index contributed by atoms with van der Waals surface area (Å²) in [6, 6.07) is 46.0. The normalized spacial score (nSPS) is 11.5. The minimum Gasteiger partial charge on any atom is -0.265 e. The number of hydrogen-bond acceptors (Lipinski definition) is 5. The van der Waals surface area contributed by atoms with Crippen LogP contribution in [0, 0.1) is 0 Å². The highest BCUT2D eigenvalue weighted by Crippen LogP contribution is 2.42. The Morgan fingerprint density at radius 3 is 1.50 bits per heavy atom. The fourth-order valence-corrected chi connectivity index (χ4v) is 6.42. The summed E-state index contributed by atoms with van der Waals surface area (Å²) < 4.78 is 0. The third kappa shape index (κ3) is 4.37. The molecular formula is C41H25N5. The first-order valence-corrected chi connectivity index (χ1v) is 15.2. The van der Waals surface area contributed by atoms with Crippen LogP contribution in [0.5, 0.6) is 0 Å². The fourth-order valence-electron chi connectivity index (χ4n) is 6.42. The summed E-state index contributed by atoms with van der Waals surface area (Å²) in [7, 11) is 0. The topological polar surface area (TPSA) is 64.5 Å². The van der Waals surface area contributed by atoms with Crippen LogP contribution in [0.2, 0.25) is 0 Å². The molecule has 0 saturated heterocycles. The molecule has 0 aliphatic carbocycles. The van der Waals surface area contributed by atoms with Gasteiger partial charge in [0.2, 0.25) is 0 Å². The second-order valence-corrected chi connectivity index (χ2v) is 11.4. The Labute approximate surface area is 265 Å². The molecule has 6 aromatic carbocycles. The van der Waals surface area contributed by atoms with Gasteiger partial charge in [-0.3, -0.25) is 9.97 Å². The Bertz CT molecular complexity index is 2440. The maximum absolute atomic E-state index is 5.05. The zero-order valence-electron chi connectivity index (χ0n) is 24.7. The molecule has 0 unspecified atom stereocenters. The third-order valence-electron chi connectivity index (χ3n) is 8.66. The van der Waals surface area contributed by atoms with Crippen LogP contribution in [0.3, 0.4) is 0 Å². The van der Waals surface area contributed by atoms with Crippen LogP contribution in [0.25, 0.3) is 88.9 Å². The van der Waals surface area contributed by atoms with Gasteiger partial charge in [0.1, 0.15) is 0 Å². The predicted octanol–water partition coefficient (Wildman–Crippen LogP) is 9.89. The third-order valence-corrected chi connectivity index (χ3v) is 8.66. The van der Waals surface area contributed by atoms with E-state index in [-0.39, 0.29) is 0 Å². The van der Waals surface area contributed by atoms with E-state index in [1.54, 1.807) is 12.4 Å². The molecule has 214 valence electrons. The van der Waals surface area contributed by atoms with Crippen molar-refractivity contribution in [2.75, 3.05) is 0 Å². The van der Waals surface area contributed by atoms with Crippen LogP contribution in [0.4, 0.5) is 0 Å². The van der Waals surface area contributed by atoms with E-state index < -0.39 is 0 Å². The van der Waals surface area contributed by atoms with Crippen molar-refractivity contribution >= 4 is 32.3 Å². The van der Waals surface area contributed by atoms with Crippen molar-refractivity contribution in [3.05, 3.63) is 152 Å². The molecule has 0 bridgehead atoms. The standard InChI is InChI=1S/C41H25N5/c1-3-7-29(8-4-1)39-44-40(30-9-5-2-6-10-30)46-41(45-39)35-19-14-28-12-17-33-32(16-11-27-13-18-34(35)38(28)37(27)33)31-15-20-36(43-25-31)26-21-23-42-24-22-26/h1-25H. The van der Waals surface area contributed by atoms with Gasteiger partial charge >= 0.3 is 0 Å². The van der Waals surface area contributed by atoms with Crippen molar-refractivity contribution in [3.63, 3.8) is 0 Å². The van der Waals surface area contributed by atoms with E-state index in [1.165, 1.54) is 26.9 Å². The Kier molecular flexibility index (Phi) is 6.06. The number of rotatable bonds is 5. The highest BCUT2D eigenvalue weighted by atomic mass is 15.0. The van der Waals surface area contributed by atoms with E-state index in [4.69, 9.17) is 19.9 Å². The maximum Gasteiger partial charge on any atom is 0.164 e. The number of pyridine rings is 2. The smallest absolute Gasteiger partial charge is 0.164 e. The molecular weight excluding hydrogens is 562 g/mol. The van der Waals surface area contributed by atoms with Crippen molar-refractivity contribution in [3.8, 4) is 56.5 Å². The average Bonchev–Trinajstić information content (AvgIpc) is 3.14. The van der Waals surface area contributed by atoms with Gasteiger partial charge < -0.3 is 0 Å². The average molecular weight is 588 g/mol. The van der Waals surface area contributed by atoms with Crippen molar-refractivity contribution < 1.29 is 0 Å².